The van der Waals surface area contributed by atoms with E-state index in [0.29, 0.717) is 40.9 Å². The lowest BCUT2D eigenvalue weighted by atomic mass is 9.91. The van der Waals surface area contributed by atoms with E-state index < -0.39 is 11.6 Å². The van der Waals surface area contributed by atoms with Gasteiger partial charge in [-0.25, -0.2) is 13.8 Å². The Morgan fingerprint density at radius 1 is 1.08 bits per heavy atom. The van der Waals surface area contributed by atoms with Gasteiger partial charge in [0.1, 0.15) is 35.3 Å². The highest BCUT2D eigenvalue weighted by Gasteiger charge is 2.33. The minimum absolute atomic E-state index is 0.0301. The first-order valence-electron chi connectivity index (χ1n) is 16.2. The molecule has 2 aliphatic heterocycles. The summed E-state index contributed by atoms with van der Waals surface area (Å²) in [5.74, 6) is -0.436. The van der Waals surface area contributed by atoms with Crippen LogP contribution >= 0.6 is 11.6 Å². The van der Waals surface area contributed by atoms with E-state index in [0.717, 1.165) is 5.56 Å². The van der Waals surface area contributed by atoms with E-state index in [1.807, 2.05) is 24.8 Å². The summed E-state index contributed by atoms with van der Waals surface area (Å²) in [6.07, 6.45) is 4.77. The molecule has 2 aromatic heterocycles. The molecule has 1 atom stereocenters. The Morgan fingerprint density at radius 2 is 1.85 bits per heavy atom. The van der Waals surface area contributed by atoms with E-state index in [9.17, 15) is 9.50 Å². The minimum atomic E-state index is -0.777. The zero-order chi connectivity index (χ0) is 34.1. The van der Waals surface area contributed by atoms with Crippen LogP contribution in [0.15, 0.2) is 42.6 Å². The van der Waals surface area contributed by atoms with Crippen molar-refractivity contribution in [1.82, 2.24) is 19.9 Å². The van der Waals surface area contributed by atoms with Crippen LogP contribution in [-0.4, -0.2) is 64.9 Å². The number of nitrogens with two attached hydrogens (primary N) is 1. The molecule has 0 amide bonds. The zero-order valence-electron chi connectivity index (χ0n) is 27.5. The second-order valence-electron chi connectivity index (χ2n) is 12.0. The fraction of sp³-hybridized carbons (Fsp3) is 0.361. The third kappa shape index (κ3) is 6.12. The molecule has 9 nitrogen and oxygen atoms in total. The average molecular weight is 677 g/mol. The highest BCUT2D eigenvalue weighted by Crippen LogP contribution is 2.50. The summed E-state index contributed by atoms with van der Waals surface area (Å²) in [5.41, 5.74) is 7.42. The molecule has 12 heteroatoms. The van der Waals surface area contributed by atoms with Crippen molar-refractivity contribution in [2.75, 3.05) is 50.5 Å². The molecule has 0 spiro atoms. The first-order chi connectivity index (χ1) is 23.1. The number of nitrogen functional groups attached to an aromatic ring is 1. The van der Waals surface area contributed by atoms with E-state index in [1.54, 1.807) is 25.3 Å². The van der Waals surface area contributed by atoms with Gasteiger partial charge in [-0.05, 0) is 99.4 Å². The van der Waals surface area contributed by atoms with Crippen LogP contribution < -0.4 is 20.1 Å². The molecule has 3 N–H and O–H groups in total. The van der Waals surface area contributed by atoms with Crippen LogP contribution in [0.1, 0.15) is 50.8 Å². The van der Waals surface area contributed by atoms with Crippen molar-refractivity contribution in [2.45, 2.75) is 46.1 Å². The molecule has 0 unspecified atom stereocenters. The first kappa shape index (κ1) is 33.4. The Kier molecular flexibility index (Phi) is 9.70. The van der Waals surface area contributed by atoms with Crippen molar-refractivity contribution in [2.24, 2.45) is 0 Å². The third-order valence-corrected chi connectivity index (χ3v) is 9.32. The SMILES string of the molecule is CCOc1nc2c3c(c(Cl)c(-c4cc(O)cc5ccc(F)c(CC)c45)c(F)c3n1)OCCN2[C@H](C)c1cccnc1N.CN1CCCC1. The van der Waals surface area contributed by atoms with Crippen LogP contribution in [0.5, 0.6) is 17.5 Å². The number of nitrogens with zero attached hydrogens (tertiary/aromatic N) is 5. The summed E-state index contributed by atoms with van der Waals surface area (Å²) in [4.78, 5) is 17.6. The number of aromatic hydroxyl groups is 1. The average Bonchev–Trinajstić information content (AvgIpc) is 3.47. The number of hydrogen-bond acceptors (Lipinski definition) is 9. The van der Waals surface area contributed by atoms with Gasteiger partial charge in [0.05, 0.1) is 29.6 Å². The lowest BCUT2D eigenvalue weighted by Gasteiger charge is -2.30. The van der Waals surface area contributed by atoms with Crippen molar-refractivity contribution in [1.29, 1.82) is 0 Å². The molecule has 2 aliphatic rings. The predicted octanol–water partition coefficient (Wildman–Crippen LogP) is 7.70. The van der Waals surface area contributed by atoms with Crippen molar-refractivity contribution in [3.05, 3.63) is 70.4 Å². The fourth-order valence-electron chi connectivity index (χ4n) is 6.61. The van der Waals surface area contributed by atoms with Crippen LogP contribution in [0.3, 0.4) is 0 Å². The van der Waals surface area contributed by atoms with E-state index >= 15 is 4.39 Å². The van der Waals surface area contributed by atoms with Gasteiger partial charge >= 0.3 is 6.01 Å². The molecular formula is C36H39ClF2N6O3. The number of likely N-dealkylation sites (tertiary alicyclic amines) is 1. The zero-order valence-corrected chi connectivity index (χ0v) is 28.2. The molecule has 0 radical (unpaired) electrons. The van der Waals surface area contributed by atoms with E-state index in [1.165, 1.54) is 44.1 Å². The molecule has 4 heterocycles. The number of fused-ring (bicyclic) bond motifs is 1. The van der Waals surface area contributed by atoms with E-state index in [-0.39, 0.29) is 63.8 Å². The van der Waals surface area contributed by atoms with Crippen LogP contribution in [0, 0.1) is 11.6 Å². The third-order valence-electron chi connectivity index (χ3n) is 8.96. The molecule has 3 aromatic carbocycles. The number of rotatable bonds is 6. The molecule has 0 saturated carbocycles. The fourth-order valence-corrected chi connectivity index (χ4v) is 6.94. The maximum absolute atomic E-state index is 16.9. The lowest BCUT2D eigenvalue weighted by molar-refractivity contribution is 0.313. The van der Waals surface area contributed by atoms with Gasteiger partial charge in [-0.2, -0.15) is 9.97 Å². The normalized spacial score (nSPS) is 15.2. The second kappa shape index (κ2) is 13.9. The number of halogens is 3. The van der Waals surface area contributed by atoms with Crippen molar-refractivity contribution in [3.63, 3.8) is 0 Å². The number of anilines is 2. The van der Waals surface area contributed by atoms with Crippen LogP contribution in [-0.2, 0) is 6.42 Å². The Hall–Kier alpha value is -4.48. The molecule has 7 rings (SSSR count). The van der Waals surface area contributed by atoms with Crippen molar-refractivity contribution in [3.8, 4) is 28.6 Å². The van der Waals surface area contributed by atoms with Crippen molar-refractivity contribution >= 4 is 44.9 Å². The first-order valence-corrected chi connectivity index (χ1v) is 16.6. The van der Waals surface area contributed by atoms with Gasteiger partial charge in [0.25, 0.3) is 0 Å². The quantitative estimate of drug-likeness (QED) is 0.187. The molecule has 1 fully saturated rings. The van der Waals surface area contributed by atoms with E-state index in [4.69, 9.17) is 26.8 Å². The largest absolute Gasteiger partial charge is 0.508 e. The number of benzene rings is 3. The molecule has 48 heavy (non-hydrogen) atoms. The summed E-state index contributed by atoms with van der Waals surface area (Å²) in [7, 11) is 2.17. The Labute approximate surface area is 283 Å². The number of phenolic OH excluding ortho intramolecular Hbond substituents is 1. The van der Waals surface area contributed by atoms with Crippen LogP contribution in [0.4, 0.5) is 20.4 Å². The number of phenols is 1. The molecule has 1 saturated heterocycles. The molecule has 5 aromatic rings. The Bertz CT molecular complexity index is 1990. The highest BCUT2D eigenvalue weighted by atomic mass is 35.5. The van der Waals surface area contributed by atoms with Gasteiger partial charge in [0.2, 0.25) is 0 Å². The Balaban J connectivity index is 0.000000604. The summed E-state index contributed by atoms with van der Waals surface area (Å²) >= 11 is 6.99. The second-order valence-corrected chi connectivity index (χ2v) is 12.4. The monoisotopic (exact) mass is 676 g/mol. The van der Waals surface area contributed by atoms with Gasteiger partial charge in [-0.1, -0.05) is 30.7 Å². The maximum Gasteiger partial charge on any atom is 0.319 e. The summed E-state index contributed by atoms with van der Waals surface area (Å²) < 4.78 is 43.7. The molecule has 252 valence electrons. The predicted molar refractivity (Wildman–Crippen MR) is 186 cm³/mol. The summed E-state index contributed by atoms with van der Waals surface area (Å²) in [5, 5.41) is 11.8. The molecule has 0 aliphatic carbocycles. The Morgan fingerprint density at radius 3 is 2.52 bits per heavy atom. The van der Waals surface area contributed by atoms with Gasteiger partial charge < -0.3 is 30.1 Å². The van der Waals surface area contributed by atoms with Crippen molar-refractivity contribution < 1.29 is 23.4 Å². The molecule has 0 bridgehead atoms. The number of ether oxygens (including phenoxy) is 2. The number of pyridine rings is 1. The topological polar surface area (TPSA) is 110 Å². The van der Waals surface area contributed by atoms with Gasteiger partial charge in [-0.3, -0.25) is 0 Å². The van der Waals surface area contributed by atoms with E-state index in [2.05, 4.69) is 26.9 Å². The van der Waals surface area contributed by atoms with Gasteiger partial charge in [-0.15, -0.1) is 0 Å². The highest BCUT2D eigenvalue weighted by molar-refractivity contribution is 6.37. The summed E-state index contributed by atoms with van der Waals surface area (Å²) in [6, 6.07) is 9.07. The standard InChI is InChI=1S/C31H28ClF2N5O3.C5H11N/c1-4-18-21(33)9-8-16-13-17(40)14-20(22(16)18)23-25(32)28-24-27(26(23)34)37-31(41-5-2)38-30(24)39(11-12-42-28)15(3)19-7-6-10-36-29(19)35;1-6-4-2-3-5-6/h6-10,13-15,40H,4-5,11-12H2,1-3H3,(H2,35,36);2-5H2,1H3/t15-;/m1./s1. The number of aromatic nitrogens is 3. The van der Waals surface area contributed by atoms with Gasteiger partial charge in [0, 0.05) is 17.3 Å². The number of hydrogen-bond donors (Lipinski definition) is 2. The van der Waals surface area contributed by atoms with Crippen LogP contribution in [0.2, 0.25) is 5.02 Å². The molecular weight excluding hydrogens is 638 g/mol. The lowest BCUT2D eigenvalue weighted by Crippen LogP contribution is -2.31. The number of aryl methyl sites for hydroxylation is 1. The minimum Gasteiger partial charge on any atom is -0.508 e. The summed E-state index contributed by atoms with van der Waals surface area (Å²) in [6.45, 7) is 8.95. The van der Waals surface area contributed by atoms with Gasteiger partial charge in [0.15, 0.2) is 11.6 Å². The van der Waals surface area contributed by atoms with Crippen LogP contribution in [0.25, 0.3) is 32.8 Å². The smallest absolute Gasteiger partial charge is 0.319 e. The maximum atomic E-state index is 16.9.